The van der Waals surface area contributed by atoms with E-state index in [2.05, 4.69) is 24.0 Å². The number of nitrogens with two attached hydrogens (primary N) is 1. The maximum atomic E-state index is 5.68. The van der Waals surface area contributed by atoms with Crippen LogP contribution in [0.5, 0.6) is 5.75 Å². The van der Waals surface area contributed by atoms with Gasteiger partial charge in [-0.25, -0.2) is 0 Å². The molecule has 1 aromatic rings. The molecule has 4 heteroatoms. The molecule has 1 saturated heterocycles. The standard InChI is InChI=1S/C17H26N2O2/c1-2-12-21-17-7-4-3-6-16(17)15-18-8-5-9-19-10-13-20-14-11-19/h2-4,6-7,18H,1,5,8-15H2/p+2. The Morgan fingerprint density at radius 2 is 2.10 bits per heavy atom. The highest BCUT2D eigenvalue weighted by Gasteiger charge is 2.13. The lowest BCUT2D eigenvalue weighted by atomic mass is 10.2. The number of morpholine rings is 1. The van der Waals surface area contributed by atoms with Gasteiger partial charge in [0.2, 0.25) is 0 Å². The van der Waals surface area contributed by atoms with Gasteiger partial charge in [0.15, 0.2) is 0 Å². The van der Waals surface area contributed by atoms with E-state index in [1.54, 1.807) is 11.0 Å². The largest absolute Gasteiger partial charge is 0.489 e. The molecule has 0 atom stereocenters. The van der Waals surface area contributed by atoms with Crippen molar-refractivity contribution in [3.05, 3.63) is 42.5 Å². The minimum atomic E-state index is 0.567. The fraction of sp³-hybridized carbons (Fsp3) is 0.529. The number of quaternary nitrogens is 2. The molecule has 1 heterocycles. The van der Waals surface area contributed by atoms with Crippen LogP contribution >= 0.6 is 0 Å². The van der Waals surface area contributed by atoms with Crippen molar-refractivity contribution in [1.82, 2.24) is 0 Å². The van der Waals surface area contributed by atoms with Crippen molar-refractivity contribution in [2.45, 2.75) is 13.0 Å². The zero-order chi connectivity index (χ0) is 14.8. The number of hydrogen-bond donors (Lipinski definition) is 2. The van der Waals surface area contributed by atoms with Gasteiger partial charge in [0, 0.05) is 12.0 Å². The number of para-hydroxylation sites is 1. The van der Waals surface area contributed by atoms with E-state index in [9.17, 15) is 0 Å². The van der Waals surface area contributed by atoms with Gasteiger partial charge < -0.3 is 19.7 Å². The van der Waals surface area contributed by atoms with Crippen LogP contribution in [0.4, 0.5) is 0 Å². The Hall–Kier alpha value is -1.36. The van der Waals surface area contributed by atoms with Crippen LogP contribution in [0.2, 0.25) is 0 Å². The molecule has 0 bridgehead atoms. The van der Waals surface area contributed by atoms with Gasteiger partial charge in [-0.05, 0) is 12.1 Å². The second-order valence-corrected chi connectivity index (χ2v) is 5.45. The first-order valence-electron chi connectivity index (χ1n) is 7.94. The number of ether oxygens (including phenoxy) is 2. The number of hydrogen-bond acceptors (Lipinski definition) is 2. The Bertz CT molecular complexity index is 417. The summed E-state index contributed by atoms with van der Waals surface area (Å²) < 4.78 is 11.1. The monoisotopic (exact) mass is 292 g/mol. The average Bonchev–Trinajstić information content (AvgIpc) is 2.54. The zero-order valence-electron chi connectivity index (χ0n) is 12.9. The lowest BCUT2D eigenvalue weighted by Gasteiger charge is -2.23. The maximum absolute atomic E-state index is 5.68. The molecule has 2 rings (SSSR count). The second kappa shape index (κ2) is 9.55. The van der Waals surface area contributed by atoms with Crippen LogP contribution < -0.4 is 15.0 Å². The van der Waals surface area contributed by atoms with E-state index in [1.165, 1.54) is 25.1 Å². The van der Waals surface area contributed by atoms with E-state index in [-0.39, 0.29) is 0 Å². The predicted molar refractivity (Wildman–Crippen MR) is 83.6 cm³/mol. The number of nitrogens with one attached hydrogen (secondary N) is 1. The van der Waals surface area contributed by atoms with Gasteiger partial charge in [0.25, 0.3) is 0 Å². The highest BCUT2D eigenvalue weighted by molar-refractivity contribution is 5.32. The Morgan fingerprint density at radius 1 is 1.29 bits per heavy atom. The second-order valence-electron chi connectivity index (χ2n) is 5.45. The quantitative estimate of drug-likeness (QED) is 0.481. The van der Waals surface area contributed by atoms with Crippen molar-refractivity contribution in [2.75, 3.05) is 46.0 Å². The van der Waals surface area contributed by atoms with Gasteiger partial charge in [-0.3, -0.25) is 0 Å². The van der Waals surface area contributed by atoms with Crippen LogP contribution in [0.25, 0.3) is 0 Å². The maximum Gasteiger partial charge on any atom is 0.128 e. The summed E-state index contributed by atoms with van der Waals surface area (Å²) in [6.07, 6.45) is 3.04. The molecule has 0 radical (unpaired) electrons. The summed E-state index contributed by atoms with van der Waals surface area (Å²) in [6, 6.07) is 8.26. The van der Waals surface area contributed by atoms with Gasteiger partial charge in [0.05, 0.1) is 26.3 Å². The molecule has 1 aliphatic heterocycles. The molecular weight excluding hydrogens is 264 g/mol. The molecule has 1 aromatic carbocycles. The third-order valence-electron chi connectivity index (χ3n) is 3.83. The van der Waals surface area contributed by atoms with E-state index < -0.39 is 0 Å². The van der Waals surface area contributed by atoms with Gasteiger partial charge >= 0.3 is 0 Å². The number of benzene rings is 1. The van der Waals surface area contributed by atoms with Crippen LogP contribution in [0.15, 0.2) is 36.9 Å². The molecule has 0 saturated carbocycles. The Balaban J connectivity index is 1.64. The summed E-state index contributed by atoms with van der Waals surface area (Å²) in [5, 5.41) is 2.37. The van der Waals surface area contributed by atoms with Gasteiger partial charge in [0.1, 0.15) is 32.0 Å². The molecule has 3 N–H and O–H groups in total. The van der Waals surface area contributed by atoms with Crippen LogP contribution in [-0.2, 0) is 11.3 Å². The van der Waals surface area contributed by atoms with Gasteiger partial charge in [-0.2, -0.15) is 0 Å². The van der Waals surface area contributed by atoms with E-state index in [4.69, 9.17) is 9.47 Å². The summed E-state index contributed by atoms with van der Waals surface area (Å²) in [6.45, 7) is 11.8. The summed E-state index contributed by atoms with van der Waals surface area (Å²) in [5.41, 5.74) is 1.26. The SMILES string of the molecule is C=CCOc1ccccc1C[NH2+]CCC[NH+]1CCOCC1. The first-order valence-corrected chi connectivity index (χ1v) is 7.94. The molecule has 1 aliphatic rings. The van der Waals surface area contributed by atoms with Crippen molar-refractivity contribution < 1.29 is 19.7 Å². The van der Waals surface area contributed by atoms with Crippen LogP contribution in [-0.4, -0.2) is 46.0 Å². The zero-order valence-corrected chi connectivity index (χ0v) is 12.9. The van der Waals surface area contributed by atoms with Crippen molar-refractivity contribution in [3.8, 4) is 5.75 Å². The molecule has 0 aliphatic carbocycles. The van der Waals surface area contributed by atoms with Crippen molar-refractivity contribution in [2.24, 2.45) is 0 Å². The third-order valence-corrected chi connectivity index (χ3v) is 3.83. The van der Waals surface area contributed by atoms with Crippen LogP contribution in [0.3, 0.4) is 0 Å². The van der Waals surface area contributed by atoms with Crippen LogP contribution in [0, 0.1) is 0 Å². The summed E-state index contributed by atoms with van der Waals surface area (Å²) in [5.74, 6) is 0.979. The topological polar surface area (TPSA) is 39.5 Å². The minimum absolute atomic E-state index is 0.567. The van der Waals surface area contributed by atoms with Crippen molar-refractivity contribution in [3.63, 3.8) is 0 Å². The Morgan fingerprint density at radius 3 is 2.90 bits per heavy atom. The van der Waals surface area contributed by atoms with E-state index in [0.717, 1.165) is 38.6 Å². The van der Waals surface area contributed by atoms with Crippen molar-refractivity contribution >= 4 is 0 Å². The molecule has 4 nitrogen and oxygen atoms in total. The molecule has 116 valence electrons. The highest BCUT2D eigenvalue weighted by Crippen LogP contribution is 2.16. The van der Waals surface area contributed by atoms with Gasteiger partial charge in [-0.15, -0.1) is 0 Å². The summed E-state index contributed by atoms with van der Waals surface area (Å²) in [7, 11) is 0. The normalized spacial score (nSPS) is 15.8. The van der Waals surface area contributed by atoms with Gasteiger partial charge in [-0.1, -0.05) is 24.8 Å². The molecule has 21 heavy (non-hydrogen) atoms. The minimum Gasteiger partial charge on any atom is -0.489 e. The number of rotatable bonds is 9. The molecular formula is C17H28N2O2+2. The fourth-order valence-electron chi connectivity index (χ4n) is 2.63. The molecule has 0 amide bonds. The smallest absolute Gasteiger partial charge is 0.128 e. The molecule has 0 spiro atoms. The fourth-order valence-corrected chi connectivity index (χ4v) is 2.63. The van der Waals surface area contributed by atoms with Crippen molar-refractivity contribution in [1.29, 1.82) is 0 Å². The lowest BCUT2D eigenvalue weighted by molar-refractivity contribution is -0.909. The molecule has 1 fully saturated rings. The van der Waals surface area contributed by atoms with E-state index in [0.29, 0.717) is 6.61 Å². The molecule has 0 aromatic heterocycles. The lowest BCUT2D eigenvalue weighted by Crippen LogP contribution is -3.14. The first kappa shape index (κ1) is 16.0. The third kappa shape index (κ3) is 5.87. The highest BCUT2D eigenvalue weighted by atomic mass is 16.5. The average molecular weight is 292 g/mol. The van der Waals surface area contributed by atoms with Crippen LogP contribution in [0.1, 0.15) is 12.0 Å². The Kier molecular flexibility index (Phi) is 7.29. The predicted octanol–water partition coefficient (Wildman–Crippen LogP) is -0.380. The Labute approximate surface area is 127 Å². The van der Waals surface area contributed by atoms with E-state index >= 15 is 0 Å². The van der Waals surface area contributed by atoms with E-state index in [1.807, 2.05) is 12.1 Å². The summed E-state index contributed by atoms with van der Waals surface area (Å²) >= 11 is 0. The first-order chi connectivity index (χ1) is 10.4. The molecule has 0 unspecified atom stereocenters. The summed E-state index contributed by atoms with van der Waals surface area (Å²) in [4.78, 5) is 1.68.